The Balaban J connectivity index is 1.50. The van der Waals surface area contributed by atoms with Gasteiger partial charge in [-0.25, -0.2) is 0 Å². The largest absolute Gasteiger partial charge is 0.493 e. The van der Waals surface area contributed by atoms with E-state index in [9.17, 15) is 4.79 Å². The van der Waals surface area contributed by atoms with Crippen molar-refractivity contribution in [1.29, 1.82) is 0 Å². The molecule has 0 aliphatic carbocycles. The third kappa shape index (κ3) is 3.22. The first kappa shape index (κ1) is 19.2. The van der Waals surface area contributed by atoms with Crippen LogP contribution in [0.4, 0.5) is 0 Å². The van der Waals surface area contributed by atoms with Gasteiger partial charge in [0.05, 0.1) is 20.3 Å². The lowest BCUT2D eigenvalue weighted by Crippen LogP contribution is -2.30. The zero-order chi connectivity index (χ0) is 21.4. The molecule has 1 aliphatic rings. The molecule has 5 heteroatoms. The quantitative estimate of drug-likeness (QED) is 0.486. The van der Waals surface area contributed by atoms with Gasteiger partial charge in [0.2, 0.25) is 0 Å². The Hall–Kier alpha value is -3.73. The Bertz CT molecular complexity index is 1260. The molecule has 0 spiro atoms. The highest BCUT2D eigenvalue weighted by atomic mass is 16.5. The van der Waals surface area contributed by atoms with Gasteiger partial charge in [-0.15, -0.1) is 0 Å². The minimum absolute atomic E-state index is 0.0753. The Labute approximate surface area is 181 Å². The summed E-state index contributed by atoms with van der Waals surface area (Å²) < 4.78 is 10.8. The normalized spacial score (nSPS) is 15.4. The third-order valence-electron chi connectivity index (χ3n) is 6.06. The summed E-state index contributed by atoms with van der Waals surface area (Å²) in [5.74, 6) is 1.48. The molecule has 2 heterocycles. The van der Waals surface area contributed by atoms with E-state index in [1.807, 2.05) is 59.6 Å². The average molecular weight is 412 g/mol. The number of carbonyl (C=O) groups is 1. The lowest BCUT2D eigenvalue weighted by atomic mass is 9.97. The molecular formula is C26H24N2O3. The zero-order valence-corrected chi connectivity index (χ0v) is 17.6. The highest BCUT2D eigenvalue weighted by molar-refractivity contribution is 6.00. The van der Waals surface area contributed by atoms with Gasteiger partial charge in [0.1, 0.15) is 0 Å². The molecular weight excluding hydrogens is 388 g/mol. The number of fused-ring (bicyclic) bond motifs is 2. The summed E-state index contributed by atoms with van der Waals surface area (Å²) >= 11 is 0. The first-order chi connectivity index (χ1) is 15.2. The maximum Gasteiger partial charge on any atom is 0.255 e. The number of aromatic nitrogens is 1. The van der Waals surface area contributed by atoms with Crippen molar-refractivity contribution in [2.75, 3.05) is 20.8 Å². The number of carbonyl (C=O) groups excluding carboxylic acids is 1. The van der Waals surface area contributed by atoms with Gasteiger partial charge in [0.25, 0.3) is 5.91 Å². The number of rotatable bonds is 6. The van der Waals surface area contributed by atoms with Crippen molar-refractivity contribution < 1.29 is 14.3 Å². The monoisotopic (exact) mass is 412 g/mol. The van der Waals surface area contributed by atoms with E-state index >= 15 is 0 Å². The van der Waals surface area contributed by atoms with Crippen LogP contribution in [0, 0.1) is 0 Å². The fourth-order valence-corrected chi connectivity index (χ4v) is 4.54. The molecule has 0 saturated carbocycles. The molecule has 156 valence electrons. The third-order valence-corrected chi connectivity index (χ3v) is 6.06. The van der Waals surface area contributed by atoms with Crippen molar-refractivity contribution in [3.8, 4) is 11.5 Å². The Morgan fingerprint density at radius 3 is 2.52 bits per heavy atom. The van der Waals surface area contributed by atoms with Gasteiger partial charge in [-0.3, -0.25) is 4.79 Å². The number of ether oxygens (including phenoxy) is 2. The van der Waals surface area contributed by atoms with Gasteiger partial charge in [0, 0.05) is 34.8 Å². The van der Waals surface area contributed by atoms with Crippen LogP contribution in [0.25, 0.3) is 10.9 Å². The van der Waals surface area contributed by atoms with E-state index in [0.29, 0.717) is 18.0 Å². The molecule has 4 aromatic rings. The van der Waals surface area contributed by atoms with Crippen molar-refractivity contribution >= 4 is 16.8 Å². The number of hydrogen-bond donors (Lipinski definition) is 1. The maximum atomic E-state index is 13.4. The number of benzene rings is 3. The van der Waals surface area contributed by atoms with Crippen molar-refractivity contribution in [2.45, 2.75) is 12.5 Å². The molecule has 0 fully saturated rings. The van der Waals surface area contributed by atoms with Gasteiger partial charge in [0.15, 0.2) is 11.5 Å². The summed E-state index contributed by atoms with van der Waals surface area (Å²) in [5, 5.41) is 1.15. The zero-order valence-electron chi connectivity index (χ0n) is 17.6. The number of aromatic amines is 1. The fourth-order valence-electron chi connectivity index (χ4n) is 4.54. The lowest BCUT2D eigenvalue weighted by Gasteiger charge is -2.25. The molecule has 5 nitrogen and oxygen atoms in total. The number of nitrogens with one attached hydrogen (secondary N) is 1. The Morgan fingerprint density at radius 2 is 1.68 bits per heavy atom. The van der Waals surface area contributed by atoms with Gasteiger partial charge >= 0.3 is 0 Å². The van der Waals surface area contributed by atoms with E-state index in [1.165, 1.54) is 0 Å². The van der Waals surface area contributed by atoms with Crippen LogP contribution in [-0.2, 0) is 6.42 Å². The first-order valence-corrected chi connectivity index (χ1v) is 10.4. The van der Waals surface area contributed by atoms with Crippen LogP contribution in [-0.4, -0.2) is 36.6 Å². The molecule has 1 aliphatic heterocycles. The number of H-pyrrole nitrogens is 1. The summed E-state index contributed by atoms with van der Waals surface area (Å²) in [5.41, 5.74) is 5.14. The highest BCUT2D eigenvalue weighted by Crippen LogP contribution is 2.41. The fraction of sp³-hybridized carbons (Fsp3) is 0.192. The molecule has 1 N–H and O–H groups in total. The molecule has 31 heavy (non-hydrogen) atoms. The van der Waals surface area contributed by atoms with E-state index in [2.05, 4.69) is 23.2 Å². The Kier molecular flexibility index (Phi) is 4.86. The second kappa shape index (κ2) is 7.84. The Morgan fingerprint density at radius 1 is 0.903 bits per heavy atom. The van der Waals surface area contributed by atoms with Crippen LogP contribution in [0.1, 0.15) is 33.1 Å². The van der Waals surface area contributed by atoms with E-state index in [4.69, 9.17) is 9.47 Å². The number of hydrogen-bond acceptors (Lipinski definition) is 3. The highest BCUT2D eigenvalue weighted by Gasteiger charge is 2.38. The topological polar surface area (TPSA) is 54.6 Å². The lowest BCUT2D eigenvalue weighted by molar-refractivity contribution is 0.0752. The first-order valence-electron chi connectivity index (χ1n) is 10.4. The molecule has 1 atom stereocenters. The van der Waals surface area contributed by atoms with Gasteiger partial charge < -0.3 is 19.4 Å². The molecule has 1 amide bonds. The molecule has 0 unspecified atom stereocenters. The van der Waals surface area contributed by atoms with Crippen LogP contribution in [0.3, 0.4) is 0 Å². The number of amides is 1. The number of nitrogens with zero attached hydrogens (tertiary/aromatic N) is 1. The van der Waals surface area contributed by atoms with Gasteiger partial charge in [-0.1, -0.05) is 42.5 Å². The molecule has 1 aromatic heterocycles. The van der Waals surface area contributed by atoms with Crippen LogP contribution in [0.2, 0.25) is 0 Å². The minimum Gasteiger partial charge on any atom is -0.493 e. The summed E-state index contributed by atoms with van der Waals surface area (Å²) in [4.78, 5) is 18.7. The molecule has 5 rings (SSSR count). The van der Waals surface area contributed by atoms with Crippen LogP contribution in [0.5, 0.6) is 11.5 Å². The van der Waals surface area contributed by atoms with E-state index in [1.54, 1.807) is 14.2 Å². The summed E-state index contributed by atoms with van der Waals surface area (Å²) in [7, 11) is 3.26. The number of methoxy groups -OCH3 is 2. The average Bonchev–Trinajstić information content (AvgIpc) is 3.36. The molecule has 0 bridgehead atoms. The van der Waals surface area contributed by atoms with Crippen molar-refractivity contribution in [3.05, 3.63) is 95.2 Å². The summed E-state index contributed by atoms with van der Waals surface area (Å²) in [6, 6.07) is 22.0. The van der Waals surface area contributed by atoms with Crippen LogP contribution in [0.15, 0.2) is 72.9 Å². The predicted molar refractivity (Wildman–Crippen MR) is 121 cm³/mol. The summed E-state index contributed by atoms with van der Waals surface area (Å²) in [6.45, 7) is 0.604. The van der Waals surface area contributed by atoms with Crippen molar-refractivity contribution in [1.82, 2.24) is 9.88 Å². The van der Waals surface area contributed by atoms with E-state index in [0.717, 1.165) is 39.6 Å². The summed E-state index contributed by atoms with van der Waals surface area (Å²) in [6.07, 6.45) is 2.76. The standard InChI is InChI=1S/C26H24N2O3/c1-30-23-12-11-17(15-24(23)31-2)13-14-28-25(19-8-3-4-9-20(19)26(28)29)21-16-27-22-10-6-5-7-18(21)22/h3-12,15-16,25,27H,13-14H2,1-2H3/t25-/m0/s1. The van der Waals surface area contributed by atoms with Crippen LogP contribution < -0.4 is 9.47 Å². The van der Waals surface area contributed by atoms with Crippen LogP contribution >= 0.6 is 0 Å². The number of para-hydroxylation sites is 1. The second-order valence-corrected chi connectivity index (χ2v) is 7.72. The minimum atomic E-state index is -0.111. The molecule has 0 saturated heterocycles. The van der Waals surface area contributed by atoms with Crippen molar-refractivity contribution in [2.24, 2.45) is 0 Å². The van der Waals surface area contributed by atoms with Crippen molar-refractivity contribution in [3.63, 3.8) is 0 Å². The molecule has 0 radical (unpaired) electrons. The SMILES string of the molecule is COc1ccc(CCN2C(=O)c3ccccc3[C@H]2c2c[nH]c3ccccc23)cc1OC. The smallest absolute Gasteiger partial charge is 0.255 e. The van der Waals surface area contributed by atoms with E-state index < -0.39 is 0 Å². The molecule has 3 aromatic carbocycles. The predicted octanol–water partition coefficient (Wildman–Crippen LogP) is 4.97. The van der Waals surface area contributed by atoms with Gasteiger partial charge in [-0.2, -0.15) is 0 Å². The van der Waals surface area contributed by atoms with Gasteiger partial charge in [-0.05, 0) is 41.8 Å². The second-order valence-electron chi connectivity index (χ2n) is 7.72. The van der Waals surface area contributed by atoms with E-state index in [-0.39, 0.29) is 11.9 Å². The maximum absolute atomic E-state index is 13.4.